The van der Waals surface area contributed by atoms with Crippen LogP contribution in [0.5, 0.6) is 0 Å². The van der Waals surface area contributed by atoms with E-state index in [4.69, 9.17) is 0 Å². The van der Waals surface area contributed by atoms with E-state index in [1.165, 1.54) is 30.6 Å². The zero-order valence-corrected chi connectivity index (χ0v) is 12.9. The maximum Gasteiger partial charge on any atom is 0.0404 e. The SMILES string of the molecule is CCCNC1CCN(c2ccccc2C(C)(C)C)C1. The quantitative estimate of drug-likeness (QED) is 0.890. The molecule has 1 aliphatic rings. The average molecular weight is 260 g/mol. The van der Waals surface area contributed by atoms with Gasteiger partial charge in [0, 0.05) is 24.8 Å². The first-order valence-corrected chi connectivity index (χ1v) is 7.60. The molecule has 0 bridgehead atoms. The molecule has 0 aliphatic carbocycles. The molecule has 0 radical (unpaired) electrons. The molecule has 1 saturated heterocycles. The summed E-state index contributed by atoms with van der Waals surface area (Å²) in [6.45, 7) is 12.6. The first kappa shape index (κ1) is 14.4. The van der Waals surface area contributed by atoms with Crippen molar-refractivity contribution in [3.8, 4) is 0 Å². The van der Waals surface area contributed by atoms with E-state index in [2.05, 4.69) is 62.2 Å². The van der Waals surface area contributed by atoms with Gasteiger partial charge in [-0.05, 0) is 36.4 Å². The van der Waals surface area contributed by atoms with Crippen LogP contribution in [0.4, 0.5) is 5.69 Å². The summed E-state index contributed by atoms with van der Waals surface area (Å²) in [5.41, 5.74) is 3.10. The topological polar surface area (TPSA) is 15.3 Å². The average Bonchev–Trinajstić information content (AvgIpc) is 2.84. The third kappa shape index (κ3) is 3.50. The molecule has 1 heterocycles. The van der Waals surface area contributed by atoms with E-state index in [1.54, 1.807) is 0 Å². The summed E-state index contributed by atoms with van der Waals surface area (Å²) in [6.07, 6.45) is 2.48. The lowest BCUT2D eigenvalue weighted by molar-refractivity contribution is 0.548. The van der Waals surface area contributed by atoms with Crippen molar-refractivity contribution in [3.63, 3.8) is 0 Å². The van der Waals surface area contributed by atoms with Crippen LogP contribution in [0.1, 0.15) is 46.1 Å². The van der Waals surface area contributed by atoms with Crippen molar-refractivity contribution in [2.45, 2.75) is 52.0 Å². The smallest absolute Gasteiger partial charge is 0.0404 e. The molecule has 0 saturated carbocycles. The van der Waals surface area contributed by atoms with Crippen LogP contribution in [0.25, 0.3) is 0 Å². The zero-order valence-electron chi connectivity index (χ0n) is 12.9. The van der Waals surface area contributed by atoms with Gasteiger partial charge in [0.15, 0.2) is 0 Å². The summed E-state index contributed by atoms with van der Waals surface area (Å²) >= 11 is 0. The molecular weight excluding hydrogens is 232 g/mol. The van der Waals surface area contributed by atoms with Gasteiger partial charge in [-0.15, -0.1) is 0 Å². The van der Waals surface area contributed by atoms with Crippen molar-refractivity contribution in [1.82, 2.24) is 5.32 Å². The molecular formula is C17H28N2. The first-order valence-electron chi connectivity index (χ1n) is 7.60. The fraction of sp³-hybridized carbons (Fsp3) is 0.647. The number of nitrogens with one attached hydrogen (secondary N) is 1. The van der Waals surface area contributed by atoms with E-state index in [-0.39, 0.29) is 5.41 Å². The van der Waals surface area contributed by atoms with Gasteiger partial charge in [-0.3, -0.25) is 0 Å². The van der Waals surface area contributed by atoms with Crippen LogP contribution in [0.15, 0.2) is 24.3 Å². The molecule has 0 spiro atoms. The lowest BCUT2D eigenvalue weighted by Gasteiger charge is -2.28. The van der Waals surface area contributed by atoms with Gasteiger partial charge in [0.2, 0.25) is 0 Å². The number of benzene rings is 1. The van der Waals surface area contributed by atoms with E-state index in [0.717, 1.165) is 13.1 Å². The molecule has 0 aromatic heterocycles. The van der Waals surface area contributed by atoms with E-state index >= 15 is 0 Å². The van der Waals surface area contributed by atoms with Crippen molar-refractivity contribution in [2.24, 2.45) is 0 Å². The lowest BCUT2D eigenvalue weighted by Crippen LogP contribution is -2.33. The minimum Gasteiger partial charge on any atom is -0.370 e. The molecule has 19 heavy (non-hydrogen) atoms. The van der Waals surface area contributed by atoms with Gasteiger partial charge in [0.25, 0.3) is 0 Å². The Kier molecular flexibility index (Phi) is 4.51. The highest BCUT2D eigenvalue weighted by molar-refractivity contribution is 5.57. The second-order valence-electron chi connectivity index (χ2n) is 6.65. The number of hydrogen-bond donors (Lipinski definition) is 1. The molecule has 1 unspecified atom stereocenters. The number of nitrogens with zero attached hydrogens (tertiary/aromatic N) is 1. The standard InChI is InChI=1S/C17H28N2/c1-5-11-18-14-10-12-19(13-14)16-9-7-6-8-15(16)17(2,3)4/h6-9,14,18H,5,10-13H2,1-4H3. The first-order chi connectivity index (χ1) is 9.02. The van der Waals surface area contributed by atoms with Crippen molar-refractivity contribution in [3.05, 3.63) is 29.8 Å². The molecule has 1 aliphatic heterocycles. The Balaban J connectivity index is 2.11. The minimum atomic E-state index is 0.214. The van der Waals surface area contributed by atoms with Crippen molar-refractivity contribution >= 4 is 5.69 Å². The van der Waals surface area contributed by atoms with Crippen LogP contribution in [0.3, 0.4) is 0 Å². The van der Waals surface area contributed by atoms with E-state index in [1.807, 2.05) is 0 Å². The fourth-order valence-corrected chi connectivity index (χ4v) is 2.88. The number of para-hydroxylation sites is 1. The van der Waals surface area contributed by atoms with Gasteiger partial charge in [-0.25, -0.2) is 0 Å². The summed E-state index contributed by atoms with van der Waals surface area (Å²) in [5.74, 6) is 0. The third-order valence-electron chi connectivity index (χ3n) is 3.92. The fourth-order valence-electron chi connectivity index (χ4n) is 2.88. The van der Waals surface area contributed by atoms with Gasteiger partial charge in [0.05, 0.1) is 0 Å². The summed E-state index contributed by atoms with van der Waals surface area (Å²) in [7, 11) is 0. The molecule has 2 heteroatoms. The van der Waals surface area contributed by atoms with Crippen LogP contribution >= 0.6 is 0 Å². The Labute approximate surface area is 118 Å². The summed E-state index contributed by atoms with van der Waals surface area (Å²) in [6, 6.07) is 9.54. The monoisotopic (exact) mass is 260 g/mol. The van der Waals surface area contributed by atoms with Crippen molar-refractivity contribution in [2.75, 3.05) is 24.5 Å². The lowest BCUT2D eigenvalue weighted by atomic mass is 9.85. The highest BCUT2D eigenvalue weighted by atomic mass is 15.2. The molecule has 1 fully saturated rings. The normalized spacial score (nSPS) is 20.0. The molecule has 1 aromatic carbocycles. The van der Waals surface area contributed by atoms with Crippen LogP contribution in [0.2, 0.25) is 0 Å². The minimum absolute atomic E-state index is 0.214. The summed E-state index contributed by atoms with van der Waals surface area (Å²) in [4.78, 5) is 2.55. The Hall–Kier alpha value is -1.02. The second kappa shape index (κ2) is 5.96. The van der Waals surface area contributed by atoms with Gasteiger partial charge < -0.3 is 10.2 Å². The molecule has 2 rings (SSSR count). The predicted molar refractivity (Wildman–Crippen MR) is 84.1 cm³/mol. The van der Waals surface area contributed by atoms with E-state index in [9.17, 15) is 0 Å². The molecule has 0 amide bonds. The van der Waals surface area contributed by atoms with Crippen molar-refractivity contribution < 1.29 is 0 Å². The summed E-state index contributed by atoms with van der Waals surface area (Å²) < 4.78 is 0. The predicted octanol–water partition coefficient (Wildman–Crippen LogP) is 3.56. The Bertz CT molecular complexity index is 406. The van der Waals surface area contributed by atoms with Crippen molar-refractivity contribution in [1.29, 1.82) is 0 Å². The van der Waals surface area contributed by atoms with Gasteiger partial charge in [-0.1, -0.05) is 45.9 Å². The Morgan fingerprint density at radius 1 is 1.26 bits per heavy atom. The number of hydrogen-bond acceptors (Lipinski definition) is 2. The van der Waals surface area contributed by atoms with Crippen LogP contribution in [-0.2, 0) is 5.41 Å². The molecule has 1 N–H and O–H groups in total. The Morgan fingerprint density at radius 2 is 2.00 bits per heavy atom. The second-order valence-corrected chi connectivity index (χ2v) is 6.65. The van der Waals surface area contributed by atoms with Crippen LogP contribution < -0.4 is 10.2 Å². The highest BCUT2D eigenvalue weighted by Gasteiger charge is 2.26. The zero-order chi connectivity index (χ0) is 13.9. The molecule has 1 aromatic rings. The maximum atomic E-state index is 3.65. The molecule has 1 atom stereocenters. The van der Waals surface area contributed by atoms with E-state index < -0.39 is 0 Å². The number of anilines is 1. The maximum absolute atomic E-state index is 3.65. The van der Waals surface area contributed by atoms with E-state index in [0.29, 0.717) is 6.04 Å². The number of rotatable bonds is 4. The van der Waals surface area contributed by atoms with Crippen LogP contribution in [0, 0.1) is 0 Å². The van der Waals surface area contributed by atoms with Gasteiger partial charge in [-0.2, -0.15) is 0 Å². The van der Waals surface area contributed by atoms with Gasteiger partial charge >= 0.3 is 0 Å². The molecule has 106 valence electrons. The largest absolute Gasteiger partial charge is 0.370 e. The highest BCUT2D eigenvalue weighted by Crippen LogP contribution is 2.33. The third-order valence-corrected chi connectivity index (χ3v) is 3.92. The van der Waals surface area contributed by atoms with Gasteiger partial charge in [0.1, 0.15) is 0 Å². The molecule has 2 nitrogen and oxygen atoms in total. The Morgan fingerprint density at radius 3 is 2.68 bits per heavy atom. The van der Waals surface area contributed by atoms with Crippen LogP contribution in [-0.4, -0.2) is 25.7 Å². The summed E-state index contributed by atoms with van der Waals surface area (Å²) in [5, 5.41) is 3.65.